The van der Waals surface area contributed by atoms with Crippen molar-refractivity contribution < 1.29 is 9.90 Å². The highest BCUT2D eigenvalue weighted by atomic mass is 35.5. The van der Waals surface area contributed by atoms with E-state index in [1.54, 1.807) is 6.07 Å². The quantitative estimate of drug-likeness (QED) is 0.797. The predicted molar refractivity (Wildman–Crippen MR) is 73.1 cm³/mol. The number of benzene rings is 1. The molecule has 0 spiro atoms. The van der Waals surface area contributed by atoms with E-state index in [1.807, 2.05) is 0 Å². The standard InChI is InChI=1S/C12H8Cl2N2O3/c13-6-1-2-9(8(14)3-6)16-12(19)7-5-15-11(18)4-10(7)17/h1-5H,(H,16,19)(H2,15,17,18). The summed E-state index contributed by atoms with van der Waals surface area (Å²) < 4.78 is 0. The molecule has 1 aromatic carbocycles. The van der Waals surface area contributed by atoms with Crippen LogP contribution in [0.4, 0.5) is 5.69 Å². The molecule has 0 bridgehead atoms. The SMILES string of the molecule is O=C(Nc1ccc(Cl)cc1Cl)c1c[nH]c(=O)cc1O. The number of hydrogen-bond acceptors (Lipinski definition) is 3. The number of aromatic hydroxyl groups is 1. The summed E-state index contributed by atoms with van der Waals surface area (Å²) in [6.07, 6.45) is 1.12. The molecule has 1 amide bonds. The van der Waals surface area contributed by atoms with Crippen molar-refractivity contribution in [2.45, 2.75) is 0 Å². The van der Waals surface area contributed by atoms with Crippen molar-refractivity contribution in [2.24, 2.45) is 0 Å². The Balaban J connectivity index is 2.28. The lowest BCUT2D eigenvalue weighted by Crippen LogP contribution is -2.15. The average Bonchev–Trinajstić information content (AvgIpc) is 2.32. The number of aromatic amines is 1. The van der Waals surface area contributed by atoms with Crippen LogP contribution >= 0.6 is 23.2 Å². The molecule has 0 atom stereocenters. The van der Waals surface area contributed by atoms with Gasteiger partial charge in [0.15, 0.2) is 0 Å². The van der Waals surface area contributed by atoms with Gasteiger partial charge in [-0.25, -0.2) is 0 Å². The van der Waals surface area contributed by atoms with Crippen LogP contribution in [0.25, 0.3) is 0 Å². The Morgan fingerprint density at radius 3 is 2.63 bits per heavy atom. The van der Waals surface area contributed by atoms with Gasteiger partial charge in [-0.1, -0.05) is 23.2 Å². The van der Waals surface area contributed by atoms with Crippen molar-refractivity contribution >= 4 is 34.8 Å². The Labute approximate surface area is 117 Å². The molecular formula is C12H8Cl2N2O3. The van der Waals surface area contributed by atoms with Gasteiger partial charge in [-0.2, -0.15) is 0 Å². The summed E-state index contributed by atoms with van der Waals surface area (Å²) in [6.45, 7) is 0. The van der Waals surface area contributed by atoms with Crippen LogP contribution in [0.3, 0.4) is 0 Å². The minimum absolute atomic E-state index is 0.0642. The van der Waals surface area contributed by atoms with Crippen molar-refractivity contribution in [3.8, 4) is 5.75 Å². The van der Waals surface area contributed by atoms with Crippen molar-refractivity contribution in [1.82, 2.24) is 4.98 Å². The van der Waals surface area contributed by atoms with Gasteiger partial charge in [-0.05, 0) is 18.2 Å². The number of H-pyrrole nitrogens is 1. The Morgan fingerprint density at radius 2 is 2.00 bits per heavy atom. The van der Waals surface area contributed by atoms with E-state index >= 15 is 0 Å². The van der Waals surface area contributed by atoms with Crippen molar-refractivity contribution in [3.63, 3.8) is 0 Å². The summed E-state index contributed by atoms with van der Waals surface area (Å²) in [6, 6.07) is 5.49. The van der Waals surface area contributed by atoms with Gasteiger partial charge in [0.1, 0.15) is 5.75 Å². The molecule has 0 unspecified atom stereocenters. The summed E-state index contributed by atoms with van der Waals surface area (Å²) in [4.78, 5) is 25.1. The highest BCUT2D eigenvalue weighted by Gasteiger charge is 2.13. The molecule has 3 N–H and O–H groups in total. The first kappa shape index (κ1) is 13.5. The minimum Gasteiger partial charge on any atom is -0.507 e. The van der Waals surface area contributed by atoms with Gasteiger partial charge in [-0.3, -0.25) is 9.59 Å². The summed E-state index contributed by atoms with van der Waals surface area (Å²) >= 11 is 11.6. The molecule has 0 saturated carbocycles. The topological polar surface area (TPSA) is 82.2 Å². The third-order valence-electron chi connectivity index (χ3n) is 2.33. The number of rotatable bonds is 2. The van der Waals surface area contributed by atoms with E-state index < -0.39 is 17.2 Å². The van der Waals surface area contributed by atoms with Crippen LogP contribution in [0.2, 0.25) is 10.0 Å². The minimum atomic E-state index is -0.599. The van der Waals surface area contributed by atoms with Crippen LogP contribution in [0.15, 0.2) is 35.3 Å². The Bertz CT molecular complexity index is 698. The zero-order valence-corrected chi connectivity index (χ0v) is 10.9. The van der Waals surface area contributed by atoms with E-state index in [2.05, 4.69) is 10.3 Å². The third-order valence-corrected chi connectivity index (χ3v) is 2.87. The molecule has 1 aromatic heterocycles. The molecule has 0 radical (unpaired) electrons. The first-order chi connectivity index (χ1) is 8.97. The van der Waals surface area contributed by atoms with E-state index in [0.717, 1.165) is 12.3 Å². The monoisotopic (exact) mass is 298 g/mol. The lowest BCUT2D eigenvalue weighted by Gasteiger charge is -2.08. The van der Waals surface area contributed by atoms with E-state index in [4.69, 9.17) is 23.2 Å². The zero-order valence-electron chi connectivity index (χ0n) is 9.41. The molecule has 98 valence electrons. The average molecular weight is 299 g/mol. The fourth-order valence-electron chi connectivity index (χ4n) is 1.42. The van der Waals surface area contributed by atoms with Crippen molar-refractivity contribution in [1.29, 1.82) is 0 Å². The normalized spacial score (nSPS) is 10.2. The van der Waals surface area contributed by atoms with E-state index in [9.17, 15) is 14.7 Å². The Kier molecular flexibility index (Phi) is 3.78. The highest BCUT2D eigenvalue weighted by molar-refractivity contribution is 6.36. The summed E-state index contributed by atoms with van der Waals surface area (Å²) in [5.41, 5.74) is -0.217. The van der Waals surface area contributed by atoms with E-state index in [1.165, 1.54) is 12.1 Å². The van der Waals surface area contributed by atoms with Gasteiger partial charge in [0.2, 0.25) is 0 Å². The van der Waals surface area contributed by atoms with Crippen molar-refractivity contribution in [3.05, 3.63) is 56.4 Å². The number of carbonyl (C=O) groups is 1. The van der Waals surface area contributed by atoms with Gasteiger partial charge < -0.3 is 15.4 Å². The number of hydrogen-bond donors (Lipinski definition) is 3. The maximum atomic E-state index is 11.9. The largest absolute Gasteiger partial charge is 0.507 e. The first-order valence-corrected chi connectivity index (χ1v) is 5.91. The Morgan fingerprint density at radius 1 is 1.26 bits per heavy atom. The van der Waals surface area contributed by atoms with Gasteiger partial charge in [0, 0.05) is 17.3 Å². The molecule has 0 aliphatic rings. The summed E-state index contributed by atoms with van der Waals surface area (Å²) in [5, 5.41) is 12.7. The molecule has 0 aliphatic carbocycles. The second kappa shape index (κ2) is 5.34. The lowest BCUT2D eigenvalue weighted by atomic mass is 10.2. The molecule has 0 aliphatic heterocycles. The second-order valence-electron chi connectivity index (χ2n) is 3.67. The molecule has 0 fully saturated rings. The molecular weight excluding hydrogens is 291 g/mol. The molecule has 1 heterocycles. The number of pyridine rings is 1. The van der Waals surface area contributed by atoms with Crippen LogP contribution < -0.4 is 10.9 Å². The zero-order chi connectivity index (χ0) is 14.0. The lowest BCUT2D eigenvalue weighted by molar-refractivity contribution is 0.102. The van der Waals surface area contributed by atoms with Crippen LogP contribution in [-0.4, -0.2) is 16.0 Å². The van der Waals surface area contributed by atoms with Crippen molar-refractivity contribution in [2.75, 3.05) is 5.32 Å². The molecule has 2 aromatic rings. The number of anilines is 1. The third kappa shape index (κ3) is 3.07. The molecule has 5 nitrogen and oxygen atoms in total. The number of amides is 1. The van der Waals surface area contributed by atoms with Gasteiger partial charge in [-0.15, -0.1) is 0 Å². The maximum absolute atomic E-state index is 11.9. The van der Waals surface area contributed by atoms with Crippen LogP contribution in [-0.2, 0) is 0 Å². The Hall–Kier alpha value is -1.98. The summed E-state index contributed by atoms with van der Waals surface area (Å²) in [7, 11) is 0. The predicted octanol–water partition coefficient (Wildman–Crippen LogP) is 2.64. The number of nitrogens with one attached hydrogen (secondary N) is 2. The fourth-order valence-corrected chi connectivity index (χ4v) is 1.88. The van der Waals surface area contributed by atoms with Gasteiger partial charge >= 0.3 is 0 Å². The fraction of sp³-hybridized carbons (Fsp3) is 0. The molecule has 19 heavy (non-hydrogen) atoms. The molecule has 2 rings (SSSR count). The van der Waals surface area contributed by atoms with Crippen LogP contribution in [0.5, 0.6) is 5.75 Å². The van der Waals surface area contributed by atoms with E-state index in [-0.39, 0.29) is 10.6 Å². The maximum Gasteiger partial charge on any atom is 0.260 e. The first-order valence-electron chi connectivity index (χ1n) is 5.15. The number of carbonyl (C=O) groups excluding carboxylic acids is 1. The molecule has 0 saturated heterocycles. The number of halogens is 2. The summed E-state index contributed by atoms with van der Waals surface area (Å²) in [5.74, 6) is -1.01. The smallest absolute Gasteiger partial charge is 0.260 e. The van der Waals surface area contributed by atoms with Crippen LogP contribution in [0, 0.1) is 0 Å². The number of aromatic nitrogens is 1. The van der Waals surface area contributed by atoms with Gasteiger partial charge in [0.05, 0.1) is 16.3 Å². The van der Waals surface area contributed by atoms with Gasteiger partial charge in [0.25, 0.3) is 11.5 Å². The molecule has 7 heteroatoms. The highest BCUT2D eigenvalue weighted by Crippen LogP contribution is 2.26. The van der Waals surface area contributed by atoms with Crippen LogP contribution in [0.1, 0.15) is 10.4 Å². The second-order valence-corrected chi connectivity index (χ2v) is 4.52. The van der Waals surface area contributed by atoms with E-state index in [0.29, 0.717) is 10.7 Å².